The molecule has 1 aliphatic heterocycles. The SMILES string of the molecule is CC[C@H](C)/C=C(C)/C=C/C1=CC2=C(Cl)C(=O)[C@@](C)(OC(=O)C/C(C)=C/C(=O)O)C(=O)C2=CO1. The standard InChI is InChI=1S/C25H27ClO7/c1-6-14(2)9-15(3)7-8-17-12-18-19(13-32-17)23(30)25(5,24(31)22(18)26)33-21(29)11-16(4)10-20(27)28/h7-10,12-14H,6,11H2,1-5H3,(H,27,28)/b8-7+,15-9+,16-10+/t14-,25-/m0/s1. The number of allylic oxidation sites excluding steroid dienone is 6. The maximum Gasteiger partial charge on any atom is 0.328 e. The second kappa shape index (κ2) is 10.6. The van der Waals surface area contributed by atoms with Gasteiger partial charge in [0.25, 0.3) is 0 Å². The summed E-state index contributed by atoms with van der Waals surface area (Å²) in [5, 5.41) is 8.51. The summed E-state index contributed by atoms with van der Waals surface area (Å²) in [6.07, 6.45) is 9.82. The fourth-order valence-electron chi connectivity index (χ4n) is 3.26. The van der Waals surface area contributed by atoms with Gasteiger partial charge in [-0.3, -0.25) is 14.4 Å². The molecule has 33 heavy (non-hydrogen) atoms. The Bertz CT molecular complexity index is 1070. The van der Waals surface area contributed by atoms with E-state index in [1.54, 1.807) is 6.08 Å². The van der Waals surface area contributed by atoms with Crippen molar-refractivity contribution in [1.29, 1.82) is 0 Å². The van der Waals surface area contributed by atoms with Crippen LogP contribution < -0.4 is 0 Å². The average Bonchev–Trinajstić information content (AvgIpc) is 2.74. The summed E-state index contributed by atoms with van der Waals surface area (Å²) in [6, 6.07) is 0. The van der Waals surface area contributed by atoms with Crippen LogP contribution >= 0.6 is 11.6 Å². The number of fused-ring (bicyclic) bond motifs is 1. The minimum absolute atomic E-state index is 0.0109. The number of carbonyl (C=O) groups is 4. The van der Waals surface area contributed by atoms with Gasteiger partial charge in [-0.25, -0.2) is 4.79 Å². The fourth-order valence-corrected chi connectivity index (χ4v) is 3.60. The molecule has 2 rings (SSSR count). The van der Waals surface area contributed by atoms with Crippen molar-refractivity contribution in [3.8, 4) is 0 Å². The number of carbonyl (C=O) groups excluding carboxylic acids is 3. The van der Waals surface area contributed by atoms with Crippen molar-refractivity contribution < 1.29 is 33.8 Å². The number of aliphatic carboxylic acids is 1. The first-order chi connectivity index (χ1) is 15.4. The van der Waals surface area contributed by atoms with Crippen LogP contribution in [0.3, 0.4) is 0 Å². The van der Waals surface area contributed by atoms with Crippen molar-refractivity contribution in [2.45, 2.75) is 53.1 Å². The van der Waals surface area contributed by atoms with Gasteiger partial charge in [-0.1, -0.05) is 55.2 Å². The molecule has 0 spiro atoms. The molecule has 1 heterocycles. The van der Waals surface area contributed by atoms with Gasteiger partial charge in [0.05, 0.1) is 17.0 Å². The third kappa shape index (κ3) is 6.20. The van der Waals surface area contributed by atoms with E-state index in [2.05, 4.69) is 19.9 Å². The highest BCUT2D eigenvalue weighted by atomic mass is 35.5. The van der Waals surface area contributed by atoms with Gasteiger partial charge >= 0.3 is 11.9 Å². The Labute approximate surface area is 197 Å². The number of Topliss-reactive ketones (excluding diaryl/α,β-unsaturated/α-hetero) is 2. The van der Waals surface area contributed by atoms with E-state index in [1.165, 1.54) is 19.3 Å². The van der Waals surface area contributed by atoms with Gasteiger partial charge in [0, 0.05) is 11.6 Å². The lowest BCUT2D eigenvalue weighted by Gasteiger charge is -2.32. The van der Waals surface area contributed by atoms with Gasteiger partial charge < -0.3 is 14.6 Å². The molecule has 0 fully saturated rings. The second-order valence-corrected chi connectivity index (χ2v) is 8.60. The molecular weight excluding hydrogens is 448 g/mol. The first kappa shape index (κ1) is 26.1. The molecule has 7 nitrogen and oxygen atoms in total. The van der Waals surface area contributed by atoms with E-state index in [-0.39, 0.29) is 21.8 Å². The van der Waals surface area contributed by atoms with Crippen LogP contribution in [-0.2, 0) is 28.7 Å². The van der Waals surface area contributed by atoms with Crippen molar-refractivity contribution in [2.24, 2.45) is 5.92 Å². The minimum Gasteiger partial charge on any atom is -0.478 e. The normalized spacial score (nSPS) is 22.5. The highest BCUT2D eigenvalue weighted by Crippen LogP contribution is 2.39. The Kier molecular flexibility index (Phi) is 8.39. The van der Waals surface area contributed by atoms with E-state index in [1.807, 2.05) is 13.0 Å². The van der Waals surface area contributed by atoms with Crippen LogP contribution in [0.25, 0.3) is 0 Å². The van der Waals surface area contributed by atoms with Crippen LogP contribution in [0.1, 0.15) is 47.5 Å². The highest BCUT2D eigenvalue weighted by Gasteiger charge is 2.52. The van der Waals surface area contributed by atoms with E-state index < -0.39 is 35.5 Å². The number of hydrogen-bond acceptors (Lipinski definition) is 6. The summed E-state index contributed by atoms with van der Waals surface area (Å²) in [7, 11) is 0. The fraction of sp³-hybridized carbons (Fsp3) is 0.360. The van der Waals surface area contributed by atoms with E-state index in [0.717, 1.165) is 25.0 Å². The van der Waals surface area contributed by atoms with Gasteiger partial charge in [-0.2, -0.15) is 0 Å². The first-order valence-electron chi connectivity index (χ1n) is 10.5. The summed E-state index contributed by atoms with van der Waals surface area (Å²) in [5.74, 6) is -2.96. The van der Waals surface area contributed by atoms with Gasteiger partial charge in [0.15, 0.2) is 0 Å². The Morgan fingerprint density at radius 2 is 1.94 bits per heavy atom. The number of carboxylic acid groups (broad SMARTS) is 1. The smallest absolute Gasteiger partial charge is 0.328 e. The maximum absolute atomic E-state index is 13.1. The topological polar surface area (TPSA) is 107 Å². The molecule has 0 radical (unpaired) electrons. The van der Waals surface area contributed by atoms with Crippen LogP contribution in [0.2, 0.25) is 0 Å². The Morgan fingerprint density at radius 3 is 2.55 bits per heavy atom. The van der Waals surface area contributed by atoms with Gasteiger partial charge in [0.2, 0.25) is 17.2 Å². The lowest BCUT2D eigenvalue weighted by Crippen LogP contribution is -2.51. The van der Waals surface area contributed by atoms with Crippen LogP contribution in [-0.4, -0.2) is 34.2 Å². The Hall–Kier alpha value is -3.19. The second-order valence-electron chi connectivity index (χ2n) is 8.22. The molecule has 0 aromatic heterocycles. The summed E-state index contributed by atoms with van der Waals surface area (Å²) >= 11 is 6.29. The van der Waals surface area contributed by atoms with E-state index >= 15 is 0 Å². The summed E-state index contributed by atoms with van der Waals surface area (Å²) < 4.78 is 10.7. The zero-order chi connectivity index (χ0) is 24.9. The number of carboxylic acids is 1. The Balaban J connectivity index is 2.29. The van der Waals surface area contributed by atoms with Gasteiger partial charge in [0.1, 0.15) is 12.0 Å². The van der Waals surface area contributed by atoms with Crippen LogP contribution in [0.5, 0.6) is 0 Å². The largest absolute Gasteiger partial charge is 0.478 e. The molecule has 2 atom stereocenters. The molecule has 0 saturated heterocycles. The molecule has 0 saturated carbocycles. The number of esters is 1. The zero-order valence-electron chi connectivity index (χ0n) is 19.2. The molecule has 0 unspecified atom stereocenters. The molecule has 0 aromatic rings. The van der Waals surface area contributed by atoms with Gasteiger partial charge in [-0.05, 0) is 38.8 Å². The molecule has 176 valence electrons. The maximum atomic E-state index is 13.1. The van der Waals surface area contributed by atoms with Crippen molar-refractivity contribution in [3.63, 3.8) is 0 Å². The summed E-state index contributed by atoms with van der Waals surface area (Å²) in [5.41, 5.74) is -0.737. The van der Waals surface area contributed by atoms with Crippen LogP contribution in [0.4, 0.5) is 0 Å². The summed E-state index contributed by atoms with van der Waals surface area (Å²) in [6.45, 7) is 8.75. The lowest BCUT2D eigenvalue weighted by molar-refractivity contribution is -0.168. The predicted octanol–water partition coefficient (Wildman–Crippen LogP) is 4.70. The van der Waals surface area contributed by atoms with Crippen molar-refractivity contribution in [1.82, 2.24) is 0 Å². The minimum atomic E-state index is -2.17. The van der Waals surface area contributed by atoms with Crippen molar-refractivity contribution in [2.75, 3.05) is 0 Å². The molecule has 1 aliphatic carbocycles. The quantitative estimate of drug-likeness (QED) is 0.235. The molecule has 0 bridgehead atoms. The highest BCUT2D eigenvalue weighted by molar-refractivity contribution is 6.49. The predicted molar refractivity (Wildman–Crippen MR) is 123 cm³/mol. The third-order valence-electron chi connectivity index (χ3n) is 5.25. The number of ether oxygens (including phenoxy) is 2. The monoisotopic (exact) mass is 474 g/mol. The number of rotatable bonds is 8. The number of ketones is 2. The zero-order valence-corrected chi connectivity index (χ0v) is 20.0. The van der Waals surface area contributed by atoms with Gasteiger partial charge in [-0.15, -0.1) is 0 Å². The molecule has 0 amide bonds. The lowest BCUT2D eigenvalue weighted by atomic mass is 9.80. The third-order valence-corrected chi connectivity index (χ3v) is 5.62. The molecular formula is C25H27ClO7. The van der Waals surface area contributed by atoms with E-state index in [9.17, 15) is 19.2 Å². The molecule has 8 heteroatoms. The van der Waals surface area contributed by atoms with E-state index in [4.69, 9.17) is 26.2 Å². The average molecular weight is 475 g/mol. The Morgan fingerprint density at radius 1 is 1.27 bits per heavy atom. The van der Waals surface area contributed by atoms with Crippen LogP contribution in [0, 0.1) is 5.92 Å². The first-order valence-corrected chi connectivity index (χ1v) is 10.8. The number of halogens is 1. The van der Waals surface area contributed by atoms with E-state index in [0.29, 0.717) is 11.7 Å². The van der Waals surface area contributed by atoms with Crippen LogP contribution in [0.15, 0.2) is 69.7 Å². The summed E-state index contributed by atoms with van der Waals surface area (Å²) in [4.78, 5) is 49.0. The molecule has 2 aliphatic rings. The van der Waals surface area contributed by atoms with Crippen molar-refractivity contribution >= 4 is 35.1 Å². The molecule has 1 N–H and O–H groups in total. The van der Waals surface area contributed by atoms with Crippen molar-refractivity contribution in [3.05, 3.63) is 69.7 Å². The number of hydrogen-bond donors (Lipinski definition) is 1. The molecule has 0 aromatic carbocycles.